The van der Waals surface area contributed by atoms with E-state index in [1.807, 2.05) is 0 Å². The van der Waals surface area contributed by atoms with Gasteiger partial charge in [-0.15, -0.1) is 0 Å². The summed E-state index contributed by atoms with van der Waals surface area (Å²) in [7, 11) is 0. The molecule has 1 aliphatic carbocycles. The van der Waals surface area contributed by atoms with Crippen molar-refractivity contribution in [1.82, 2.24) is 10.6 Å². The van der Waals surface area contributed by atoms with Gasteiger partial charge in [-0.05, 0) is 18.8 Å². The first-order valence-electron chi connectivity index (χ1n) is 5.77. The predicted molar refractivity (Wildman–Crippen MR) is 56.0 cm³/mol. The van der Waals surface area contributed by atoms with Gasteiger partial charge in [0, 0.05) is 25.0 Å². The van der Waals surface area contributed by atoms with Crippen molar-refractivity contribution in [2.45, 2.75) is 51.1 Å². The van der Waals surface area contributed by atoms with Gasteiger partial charge in [0.05, 0.1) is 0 Å². The monoisotopic (exact) mass is 196 g/mol. The summed E-state index contributed by atoms with van der Waals surface area (Å²) in [5.41, 5.74) is 0. The lowest BCUT2D eigenvalue weighted by Gasteiger charge is -2.29. The molecule has 1 saturated carbocycles. The second kappa shape index (κ2) is 4.30. The number of carbonyl (C=O) groups excluding carboxylic acids is 1. The zero-order chi connectivity index (χ0) is 9.97. The Balaban J connectivity index is 1.76. The van der Waals surface area contributed by atoms with E-state index in [4.69, 9.17) is 0 Å². The van der Waals surface area contributed by atoms with E-state index >= 15 is 0 Å². The zero-order valence-electron chi connectivity index (χ0n) is 8.88. The molecule has 2 fully saturated rings. The van der Waals surface area contributed by atoms with Gasteiger partial charge in [-0.25, -0.2) is 0 Å². The van der Waals surface area contributed by atoms with Gasteiger partial charge in [-0.2, -0.15) is 0 Å². The summed E-state index contributed by atoms with van der Waals surface area (Å²) in [6.45, 7) is 3.15. The summed E-state index contributed by atoms with van der Waals surface area (Å²) in [5.74, 6) is 1.05. The summed E-state index contributed by atoms with van der Waals surface area (Å²) in [6.07, 6.45) is 5.96. The molecule has 0 aromatic rings. The van der Waals surface area contributed by atoms with Gasteiger partial charge in [0.15, 0.2) is 0 Å². The van der Waals surface area contributed by atoms with Crippen molar-refractivity contribution in [2.75, 3.05) is 6.54 Å². The Labute approximate surface area is 85.6 Å². The van der Waals surface area contributed by atoms with Crippen LogP contribution in [0.5, 0.6) is 0 Å². The summed E-state index contributed by atoms with van der Waals surface area (Å²) >= 11 is 0. The third-order valence-corrected chi connectivity index (χ3v) is 3.39. The summed E-state index contributed by atoms with van der Waals surface area (Å²) in [5, 5.41) is 6.46. The van der Waals surface area contributed by atoms with Crippen LogP contribution in [0.3, 0.4) is 0 Å². The summed E-state index contributed by atoms with van der Waals surface area (Å²) < 4.78 is 0. The van der Waals surface area contributed by atoms with Gasteiger partial charge in [0.1, 0.15) is 0 Å². The highest BCUT2D eigenvalue weighted by molar-refractivity contribution is 5.78. The van der Waals surface area contributed by atoms with Gasteiger partial charge in [0.2, 0.25) is 5.91 Å². The molecule has 0 radical (unpaired) electrons. The number of carbonyl (C=O) groups is 1. The van der Waals surface area contributed by atoms with Crippen LogP contribution in [0.4, 0.5) is 0 Å². The maximum atomic E-state index is 11.0. The molecule has 3 heteroatoms. The van der Waals surface area contributed by atoms with E-state index in [1.165, 1.54) is 25.7 Å². The number of nitrogens with one attached hydrogen (secondary N) is 2. The lowest BCUT2D eigenvalue weighted by atomic mass is 9.87. The zero-order valence-corrected chi connectivity index (χ0v) is 8.88. The lowest BCUT2D eigenvalue weighted by Crippen LogP contribution is -2.41. The molecule has 2 N–H and O–H groups in total. The molecule has 1 amide bonds. The quantitative estimate of drug-likeness (QED) is 0.693. The van der Waals surface area contributed by atoms with Crippen LogP contribution < -0.4 is 10.6 Å². The first kappa shape index (κ1) is 9.97. The standard InChI is InChI=1S/C11H20N2O/c1-8-3-2-4-9(5-8)13-10-6-11(14)12-7-10/h8-10,13H,2-7H2,1H3,(H,12,14). The number of hydrogen-bond acceptors (Lipinski definition) is 2. The molecule has 14 heavy (non-hydrogen) atoms. The average molecular weight is 196 g/mol. The normalized spacial score (nSPS) is 38.4. The molecule has 2 rings (SSSR count). The van der Waals surface area contributed by atoms with E-state index < -0.39 is 0 Å². The molecular weight excluding hydrogens is 176 g/mol. The van der Waals surface area contributed by atoms with Crippen molar-refractivity contribution in [1.29, 1.82) is 0 Å². The molecule has 80 valence electrons. The molecule has 1 aliphatic heterocycles. The largest absolute Gasteiger partial charge is 0.354 e. The van der Waals surface area contributed by atoms with Gasteiger partial charge >= 0.3 is 0 Å². The Hall–Kier alpha value is -0.570. The third-order valence-electron chi connectivity index (χ3n) is 3.39. The smallest absolute Gasteiger partial charge is 0.221 e. The fourth-order valence-corrected chi connectivity index (χ4v) is 2.64. The van der Waals surface area contributed by atoms with Gasteiger partial charge in [-0.1, -0.05) is 19.8 Å². The Morgan fingerprint density at radius 1 is 1.36 bits per heavy atom. The second-order valence-electron chi connectivity index (χ2n) is 4.84. The van der Waals surface area contributed by atoms with E-state index in [2.05, 4.69) is 17.6 Å². The lowest BCUT2D eigenvalue weighted by molar-refractivity contribution is -0.119. The Morgan fingerprint density at radius 3 is 2.86 bits per heavy atom. The minimum atomic E-state index is 0.200. The van der Waals surface area contributed by atoms with E-state index in [0.717, 1.165) is 12.5 Å². The molecule has 3 unspecified atom stereocenters. The molecule has 1 heterocycles. The molecule has 0 spiro atoms. The van der Waals surface area contributed by atoms with Crippen molar-refractivity contribution in [3.05, 3.63) is 0 Å². The van der Waals surface area contributed by atoms with Crippen LogP contribution in [0.15, 0.2) is 0 Å². The van der Waals surface area contributed by atoms with Gasteiger partial charge in [0.25, 0.3) is 0 Å². The molecule has 0 aromatic heterocycles. The highest BCUT2D eigenvalue weighted by Gasteiger charge is 2.26. The van der Waals surface area contributed by atoms with Crippen molar-refractivity contribution < 1.29 is 4.79 Å². The van der Waals surface area contributed by atoms with Crippen LogP contribution in [0.2, 0.25) is 0 Å². The topological polar surface area (TPSA) is 41.1 Å². The Kier molecular flexibility index (Phi) is 3.06. The summed E-state index contributed by atoms with van der Waals surface area (Å²) in [4.78, 5) is 11.0. The highest BCUT2D eigenvalue weighted by Crippen LogP contribution is 2.24. The Bertz CT molecular complexity index is 217. The Morgan fingerprint density at radius 2 is 2.21 bits per heavy atom. The molecule has 2 aliphatic rings. The van der Waals surface area contributed by atoms with E-state index in [9.17, 15) is 4.79 Å². The molecule has 0 aromatic carbocycles. The first-order valence-corrected chi connectivity index (χ1v) is 5.77. The van der Waals surface area contributed by atoms with Gasteiger partial charge < -0.3 is 10.6 Å². The van der Waals surface area contributed by atoms with Crippen LogP contribution >= 0.6 is 0 Å². The van der Waals surface area contributed by atoms with Crippen LogP contribution in [0.25, 0.3) is 0 Å². The van der Waals surface area contributed by atoms with E-state index in [0.29, 0.717) is 18.5 Å². The summed E-state index contributed by atoms with van der Waals surface area (Å²) in [6, 6.07) is 1.04. The molecular formula is C11H20N2O. The maximum absolute atomic E-state index is 11.0. The van der Waals surface area contributed by atoms with Crippen LogP contribution in [-0.4, -0.2) is 24.5 Å². The molecule has 3 atom stereocenters. The second-order valence-corrected chi connectivity index (χ2v) is 4.84. The average Bonchev–Trinajstić information content (AvgIpc) is 2.51. The van der Waals surface area contributed by atoms with E-state index in [-0.39, 0.29) is 5.91 Å². The van der Waals surface area contributed by atoms with Crippen LogP contribution in [-0.2, 0) is 4.79 Å². The van der Waals surface area contributed by atoms with Crippen molar-refractivity contribution >= 4 is 5.91 Å². The minimum Gasteiger partial charge on any atom is -0.354 e. The fourth-order valence-electron chi connectivity index (χ4n) is 2.64. The third kappa shape index (κ3) is 2.47. The molecule has 0 bridgehead atoms. The van der Waals surface area contributed by atoms with E-state index in [1.54, 1.807) is 0 Å². The van der Waals surface area contributed by atoms with Crippen LogP contribution in [0.1, 0.15) is 39.0 Å². The highest BCUT2D eigenvalue weighted by atomic mass is 16.1. The minimum absolute atomic E-state index is 0.200. The number of amides is 1. The number of rotatable bonds is 2. The van der Waals surface area contributed by atoms with Crippen molar-refractivity contribution in [3.8, 4) is 0 Å². The molecule has 3 nitrogen and oxygen atoms in total. The SMILES string of the molecule is CC1CCCC(NC2CNC(=O)C2)C1. The molecule has 1 saturated heterocycles. The van der Waals surface area contributed by atoms with Crippen molar-refractivity contribution in [3.63, 3.8) is 0 Å². The first-order chi connectivity index (χ1) is 6.74. The number of hydrogen-bond donors (Lipinski definition) is 2. The maximum Gasteiger partial charge on any atom is 0.221 e. The van der Waals surface area contributed by atoms with Gasteiger partial charge in [-0.3, -0.25) is 4.79 Å². The predicted octanol–water partition coefficient (Wildman–Crippen LogP) is 1.04. The fraction of sp³-hybridized carbons (Fsp3) is 0.909. The van der Waals surface area contributed by atoms with Crippen LogP contribution in [0, 0.1) is 5.92 Å². The van der Waals surface area contributed by atoms with Crippen molar-refractivity contribution in [2.24, 2.45) is 5.92 Å².